The van der Waals surface area contributed by atoms with E-state index in [4.69, 9.17) is 5.11 Å². The Morgan fingerprint density at radius 3 is 2.89 bits per heavy atom. The van der Waals surface area contributed by atoms with Gasteiger partial charge in [0.05, 0.1) is 5.01 Å². The van der Waals surface area contributed by atoms with Crippen molar-refractivity contribution < 1.29 is 14.7 Å². The normalized spacial score (nSPS) is 14.2. The van der Waals surface area contributed by atoms with Crippen LogP contribution in [0.4, 0.5) is 4.79 Å². The number of carbonyl (C=O) groups is 2. The molecule has 0 unspecified atom stereocenters. The van der Waals surface area contributed by atoms with Gasteiger partial charge in [0.15, 0.2) is 0 Å². The summed E-state index contributed by atoms with van der Waals surface area (Å²) in [6, 6.07) is -0.197. The van der Waals surface area contributed by atoms with E-state index in [-0.39, 0.29) is 18.6 Å². The topological polar surface area (TPSA) is 82.5 Å². The molecular formula is C11H15N3O3S. The minimum Gasteiger partial charge on any atom is -0.480 e. The largest absolute Gasteiger partial charge is 0.480 e. The highest BCUT2D eigenvalue weighted by Crippen LogP contribution is 2.26. The number of nitrogens with zero attached hydrogens (tertiary/aromatic N) is 2. The van der Waals surface area contributed by atoms with Gasteiger partial charge in [0.25, 0.3) is 0 Å². The molecule has 0 aromatic carbocycles. The Hall–Kier alpha value is -1.63. The second-order valence-corrected chi connectivity index (χ2v) is 5.14. The maximum absolute atomic E-state index is 11.8. The smallest absolute Gasteiger partial charge is 0.323 e. The zero-order valence-electron chi connectivity index (χ0n) is 9.83. The number of amides is 2. The monoisotopic (exact) mass is 269 g/mol. The van der Waals surface area contributed by atoms with Gasteiger partial charge < -0.3 is 15.3 Å². The van der Waals surface area contributed by atoms with Crippen LogP contribution in [0.5, 0.6) is 0 Å². The van der Waals surface area contributed by atoms with Gasteiger partial charge in [0, 0.05) is 30.6 Å². The van der Waals surface area contributed by atoms with Crippen molar-refractivity contribution in [3.8, 4) is 0 Å². The number of thiazole rings is 1. The van der Waals surface area contributed by atoms with E-state index in [1.54, 1.807) is 17.5 Å². The lowest BCUT2D eigenvalue weighted by Gasteiger charge is -2.20. The quantitative estimate of drug-likeness (QED) is 0.805. The average molecular weight is 269 g/mol. The molecule has 2 amide bonds. The van der Waals surface area contributed by atoms with Crippen molar-refractivity contribution >= 4 is 23.3 Å². The summed E-state index contributed by atoms with van der Waals surface area (Å²) in [6.45, 7) is 0.253. The van der Waals surface area contributed by atoms with E-state index in [0.717, 1.165) is 17.8 Å². The molecule has 1 aromatic rings. The van der Waals surface area contributed by atoms with Crippen molar-refractivity contribution in [3.05, 3.63) is 16.6 Å². The zero-order chi connectivity index (χ0) is 13.0. The first-order valence-corrected chi connectivity index (χ1v) is 6.69. The van der Waals surface area contributed by atoms with Crippen molar-refractivity contribution in [1.82, 2.24) is 15.2 Å². The third-order valence-electron chi connectivity index (χ3n) is 2.65. The number of carboxylic acids is 1. The fourth-order valence-corrected chi connectivity index (χ4v) is 2.27. The molecule has 0 radical (unpaired) electrons. The van der Waals surface area contributed by atoms with Gasteiger partial charge in [-0.25, -0.2) is 9.78 Å². The van der Waals surface area contributed by atoms with E-state index in [1.165, 1.54) is 4.90 Å². The number of aliphatic carboxylic acids is 1. The van der Waals surface area contributed by atoms with Gasteiger partial charge in [0.1, 0.15) is 6.54 Å². The molecule has 1 aromatic heterocycles. The summed E-state index contributed by atoms with van der Waals surface area (Å²) < 4.78 is 0. The molecular weight excluding hydrogens is 254 g/mol. The molecule has 0 aliphatic heterocycles. The van der Waals surface area contributed by atoms with Gasteiger partial charge in [0.2, 0.25) is 0 Å². The summed E-state index contributed by atoms with van der Waals surface area (Å²) in [5.41, 5.74) is 0. The summed E-state index contributed by atoms with van der Waals surface area (Å²) >= 11 is 1.54. The standard InChI is InChI=1S/C11H15N3O3S/c15-10(16)7-14(8-1-2-8)11(17)13-4-3-9-12-5-6-18-9/h5-6,8H,1-4,7H2,(H,13,17)(H,15,16). The predicted octanol–water partition coefficient (Wildman–Crippen LogP) is 0.944. The maximum atomic E-state index is 11.8. The molecule has 0 bridgehead atoms. The fourth-order valence-electron chi connectivity index (χ4n) is 1.65. The second kappa shape index (κ2) is 5.81. The third kappa shape index (κ3) is 3.69. The summed E-state index contributed by atoms with van der Waals surface area (Å²) in [7, 11) is 0. The van der Waals surface area contributed by atoms with Crippen molar-refractivity contribution in [2.75, 3.05) is 13.1 Å². The molecule has 1 fully saturated rings. The summed E-state index contributed by atoms with van der Waals surface area (Å²) in [5.74, 6) is -0.975. The van der Waals surface area contributed by atoms with E-state index < -0.39 is 5.97 Å². The van der Waals surface area contributed by atoms with Gasteiger partial charge >= 0.3 is 12.0 Å². The van der Waals surface area contributed by atoms with Gasteiger partial charge in [-0.15, -0.1) is 11.3 Å². The first-order chi connectivity index (χ1) is 8.66. The lowest BCUT2D eigenvalue weighted by atomic mass is 10.4. The van der Waals surface area contributed by atoms with E-state index in [1.807, 2.05) is 5.38 Å². The first-order valence-electron chi connectivity index (χ1n) is 5.81. The highest BCUT2D eigenvalue weighted by Gasteiger charge is 2.33. The SMILES string of the molecule is O=C(O)CN(C(=O)NCCc1nccs1)C1CC1. The molecule has 0 saturated heterocycles. The van der Waals surface area contributed by atoms with E-state index in [2.05, 4.69) is 10.3 Å². The van der Waals surface area contributed by atoms with Crippen LogP contribution in [-0.2, 0) is 11.2 Å². The molecule has 1 aliphatic rings. The Bertz CT molecular complexity index is 417. The van der Waals surface area contributed by atoms with Crippen LogP contribution in [0.25, 0.3) is 0 Å². The Balaban J connectivity index is 1.76. The minimum absolute atomic E-state index is 0.0981. The molecule has 18 heavy (non-hydrogen) atoms. The van der Waals surface area contributed by atoms with Crippen molar-refractivity contribution in [2.45, 2.75) is 25.3 Å². The van der Waals surface area contributed by atoms with Crippen LogP contribution in [0.3, 0.4) is 0 Å². The number of rotatable bonds is 6. The fraction of sp³-hybridized carbons (Fsp3) is 0.545. The highest BCUT2D eigenvalue weighted by atomic mass is 32.1. The molecule has 0 spiro atoms. The molecule has 6 nitrogen and oxygen atoms in total. The number of hydrogen-bond acceptors (Lipinski definition) is 4. The van der Waals surface area contributed by atoms with Crippen LogP contribution in [-0.4, -0.2) is 46.1 Å². The lowest BCUT2D eigenvalue weighted by Crippen LogP contribution is -2.44. The number of carboxylic acid groups (broad SMARTS) is 1. The van der Waals surface area contributed by atoms with Crippen LogP contribution in [0.15, 0.2) is 11.6 Å². The van der Waals surface area contributed by atoms with Crippen LogP contribution >= 0.6 is 11.3 Å². The average Bonchev–Trinajstić information content (AvgIpc) is 3.03. The minimum atomic E-state index is -0.975. The van der Waals surface area contributed by atoms with Crippen LogP contribution in [0, 0.1) is 0 Å². The number of urea groups is 1. The molecule has 1 saturated carbocycles. The Labute approximate surface area is 109 Å². The Morgan fingerprint density at radius 2 is 2.33 bits per heavy atom. The Morgan fingerprint density at radius 1 is 1.56 bits per heavy atom. The van der Waals surface area contributed by atoms with Gasteiger partial charge in [-0.05, 0) is 12.8 Å². The third-order valence-corrected chi connectivity index (χ3v) is 3.49. The molecule has 1 heterocycles. The second-order valence-electron chi connectivity index (χ2n) is 4.16. The van der Waals surface area contributed by atoms with E-state index in [9.17, 15) is 9.59 Å². The Kier molecular flexibility index (Phi) is 4.14. The molecule has 7 heteroatoms. The number of nitrogens with one attached hydrogen (secondary N) is 1. The van der Waals surface area contributed by atoms with Gasteiger partial charge in [-0.2, -0.15) is 0 Å². The van der Waals surface area contributed by atoms with E-state index >= 15 is 0 Å². The van der Waals surface area contributed by atoms with Crippen molar-refractivity contribution in [3.63, 3.8) is 0 Å². The predicted molar refractivity (Wildman–Crippen MR) is 66.6 cm³/mol. The molecule has 0 atom stereocenters. The number of aromatic nitrogens is 1. The number of hydrogen-bond donors (Lipinski definition) is 2. The summed E-state index contributed by atoms with van der Waals surface area (Å²) in [4.78, 5) is 28.0. The van der Waals surface area contributed by atoms with E-state index in [0.29, 0.717) is 13.0 Å². The molecule has 2 rings (SSSR count). The highest BCUT2D eigenvalue weighted by molar-refractivity contribution is 7.09. The lowest BCUT2D eigenvalue weighted by molar-refractivity contribution is -0.137. The first kappa shape index (κ1) is 12.8. The van der Waals surface area contributed by atoms with Crippen molar-refractivity contribution in [1.29, 1.82) is 0 Å². The van der Waals surface area contributed by atoms with Crippen molar-refractivity contribution in [2.24, 2.45) is 0 Å². The molecule has 2 N–H and O–H groups in total. The maximum Gasteiger partial charge on any atom is 0.323 e. The summed E-state index contributed by atoms with van der Waals surface area (Å²) in [6.07, 6.45) is 4.19. The van der Waals surface area contributed by atoms with Crippen LogP contribution in [0.2, 0.25) is 0 Å². The number of carbonyl (C=O) groups excluding carboxylic acids is 1. The van der Waals surface area contributed by atoms with Gasteiger partial charge in [-0.1, -0.05) is 0 Å². The molecule has 98 valence electrons. The zero-order valence-corrected chi connectivity index (χ0v) is 10.7. The molecule has 1 aliphatic carbocycles. The summed E-state index contributed by atoms with van der Waals surface area (Å²) in [5, 5.41) is 14.3. The van der Waals surface area contributed by atoms with Crippen LogP contribution in [0.1, 0.15) is 17.8 Å². The van der Waals surface area contributed by atoms with Crippen LogP contribution < -0.4 is 5.32 Å². The van der Waals surface area contributed by atoms with Gasteiger partial charge in [-0.3, -0.25) is 4.79 Å².